The van der Waals surface area contributed by atoms with Crippen molar-refractivity contribution >= 4 is 39.8 Å². The molecule has 18 heteroatoms. The molecule has 8 nitrogen and oxygen atoms in total. The third kappa shape index (κ3) is 6.68. The molecular weight excluding hydrogens is 542 g/mol. The average Bonchev–Trinajstić information content (AvgIpc) is 3.22. The number of hydrazine groups is 1. The topological polar surface area (TPSA) is 114 Å². The van der Waals surface area contributed by atoms with Crippen LogP contribution in [0.15, 0.2) is 35.5 Å². The first-order valence-corrected chi connectivity index (χ1v) is 11.5. The third-order valence-corrected chi connectivity index (χ3v) is 6.15. The Balaban J connectivity index is 2.40. The SMILES string of the molecule is CC(CO)(CCl)C(=O)N(N)C(=O)C=Cn1cnc(-c2cc(C(F)(F)F)cc(S(F)(F)(F)(F)F)c2)n1. The first-order valence-electron chi connectivity index (χ1n) is 8.97. The molecule has 1 unspecified atom stereocenters. The van der Waals surface area contributed by atoms with Crippen molar-refractivity contribution in [2.45, 2.75) is 18.0 Å². The monoisotopic (exact) mass is 557 g/mol. The molecule has 0 saturated heterocycles. The number of aromatic nitrogens is 3. The highest BCUT2D eigenvalue weighted by Crippen LogP contribution is 3.02. The first kappa shape index (κ1) is 28.5. The normalized spacial score (nSPS) is 16.5. The van der Waals surface area contributed by atoms with E-state index >= 15 is 0 Å². The number of rotatable bonds is 7. The lowest BCUT2D eigenvalue weighted by Gasteiger charge is -2.40. The molecule has 1 heterocycles. The Hall–Kier alpha value is -2.76. The van der Waals surface area contributed by atoms with Gasteiger partial charge in [0, 0.05) is 23.7 Å². The smallest absolute Gasteiger partial charge is 0.395 e. The average molecular weight is 558 g/mol. The van der Waals surface area contributed by atoms with E-state index in [2.05, 4.69) is 10.1 Å². The highest BCUT2D eigenvalue weighted by molar-refractivity contribution is 8.45. The molecule has 0 aliphatic heterocycles. The highest BCUT2D eigenvalue weighted by atomic mass is 35.5. The summed E-state index contributed by atoms with van der Waals surface area (Å²) in [5.74, 6) is 1.95. The fourth-order valence-corrected chi connectivity index (χ4v) is 3.27. The van der Waals surface area contributed by atoms with Crippen molar-refractivity contribution in [3.8, 4) is 11.4 Å². The summed E-state index contributed by atoms with van der Waals surface area (Å²) in [6.45, 7) is 0.475. The minimum atomic E-state index is -10.5. The third-order valence-electron chi connectivity index (χ3n) is 4.43. The summed E-state index contributed by atoms with van der Waals surface area (Å²) in [4.78, 5) is 24.9. The lowest BCUT2D eigenvalue weighted by molar-refractivity contribution is -0.150. The minimum Gasteiger partial charge on any atom is -0.395 e. The molecule has 0 fully saturated rings. The van der Waals surface area contributed by atoms with E-state index in [1.54, 1.807) is 0 Å². The number of alkyl halides is 4. The second-order valence-corrected chi connectivity index (χ2v) is 10.1. The lowest BCUT2D eigenvalue weighted by Crippen LogP contribution is -2.51. The molecule has 0 aliphatic rings. The fraction of sp³-hybridized carbons (Fsp3) is 0.294. The van der Waals surface area contributed by atoms with Crippen molar-refractivity contribution in [3.63, 3.8) is 0 Å². The number of aliphatic hydroxyl groups excluding tert-OH is 1. The number of hydrogen-bond donors (Lipinski definition) is 2. The predicted octanol–water partition coefficient (Wildman–Crippen LogP) is 4.56. The van der Waals surface area contributed by atoms with Crippen LogP contribution >= 0.6 is 21.8 Å². The van der Waals surface area contributed by atoms with Gasteiger partial charge in [-0.15, -0.1) is 16.7 Å². The zero-order valence-corrected chi connectivity index (χ0v) is 18.9. The van der Waals surface area contributed by atoms with E-state index in [4.69, 9.17) is 17.4 Å². The maximum absolute atomic E-state index is 13.2. The number of nitrogens with two attached hydrogens (primary N) is 1. The Morgan fingerprint density at radius 2 is 1.80 bits per heavy atom. The second kappa shape index (κ2) is 8.42. The molecule has 2 rings (SSSR count). The number of imide groups is 1. The molecule has 1 atom stereocenters. The number of hydrogen-bond acceptors (Lipinski definition) is 6. The molecule has 0 spiro atoms. The van der Waals surface area contributed by atoms with Gasteiger partial charge in [-0.05, 0) is 25.1 Å². The fourth-order valence-electron chi connectivity index (χ4n) is 2.37. The van der Waals surface area contributed by atoms with Gasteiger partial charge >= 0.3 is 16.4 Å². The van der Waals surface area contributed by atoms with Crippen LogP contribution in [0.1, 0.15) is 12.5 Å². The predicted molar refractivity (Wildman–Crippen MR) is 109 cm³/mol. The van der Waals surface area contributed by atoms with Gasteiger partial charge in [0.25, 0.3) is 11.8 Å². The van der Waals surface area contributed by atoms with E-state index in [0.29, 0.717) is 10.8 Å². The summed E-state index contributed by atoms with van der Waals surface area (Å²) in [6.07, 6.45) is -3.25. The van der Waals surface area contributed by atoms with Gasteiger partial charge in [0.2, 0.25) is 0 Å². The Labute approximate surface area is 196 Å². The molecule has 1 aromatic heterocycles. The van der Waals surface area contributed by atoms with Crippen LogP contribution in [0, 0.1) is 5.41 Å². The van der Waals surface area contributed by atoms with E-state index in [-0.39, 0.29) is 17.1 Å². The zero-order valence-electron chi connectivity index (χ0n) is 17.3. The van der Waals surface area contributed by atoms with E-state index < -0.39 is 74.0 Å². The number of carbonyl (C=O) groups is 2. The van der Waals surface area contributed by atoms with Crippen molar-refractivity contribution in [2.24, 2.45) is 11.3 Å². The van der Waals surface area contributed by atoms with Crippen molar-refractivity contribution in [3.05, 3.63) is 36.2 Å². The highest BCUT2D eigenvalue weighted by Gasteiger charge is 2.66. The molecule has 0 aliphatic carbocycles. The molecular formula is C17H16ClF8N5O3S. The largest absolute Gasteiger partial charge is 0.416 e. The van der Waals surface area contributed by atoms with Crippen LogP contribution in [-0.4, -0.2) is 49.2 Å². The molecule has 1 aromatic carbocycles. The summed E-state index contributed by atoms with van der Waals surface area (Å²) in [5.41, 5.74) is -4.63. The van der Waals surface area contributed by atoms with Crippen LogP contribution in [0.2, 0.25) is 0 Å². The molecule has 0 bridgehead atoms. The minimum absolute atomic E-state index is 0.112. The quantitative estimate of drug-likeness (QED) is 0.129. The van der Waals surface area contributed by atoms with Crippen LogP contribution in [0.3, 0.4) is 0 Å². The van der Waals surface area contributed by atoms with Gasteiger partial charge in [0.15, 0.2) is 5.82 Å². The van der Waals surface area contributed by atoms with E-state index in [9.17, 15) is 47.3 Å². The molecule has 35 heavy (non-hydrogen) atoms. The first-order chi connectivity index (χ1) is 15.6. The van der Waals surface area contributed by atoms with Gasteiger partial charge in [-0.2, -0.15) is 13.2 Å². The number of carbonyl (C=O) groups excluding carboxylic acids is 2. The van der Waals surface area contributed by atoms with Gasteiger partial charge in [0.1, 0.15) is 11.2 Å². The summed E-state index contributed by atoms with van der Waals surface area (Å²) in [7, 11) is -10.5. The summed E-state index contributed by atoms with van der Waals surface area (Å²) in [5, 5.41) is 12.9. The Morgan fingerprint density at radius 1 is 1.20 bits per heavy atom. The van der Waals surface area contributed by atoms with Crippen molar-refractivity contribution in [1.82, 2.24) is 19.8 Å². The molecule has 3 N–H and O–H groups in total. The maximum Gasteiger partial charge on any atom is 0.416 e. The van der Waals surface area contributed by atoms with Crippen LogP contribution in [0.4, 0.5) is 32.6 Å². The van der Waals surface area contributed by atoms with Gasteiger partial charge in [-0.1, -0.05) is 19.4 Å². The molecule has 196 valence electrons. The van der Waals surface area contributed by atoms with E-state index in [1.165, 1.54) is 6.92 Å². The number of benzene rings is 1. The number of aliphatic hydroxyl groups is 1. The van der Waals surface area contributed by atoms with Crippen molar-refractivity contribution in [1.29, 1.82) is 0 Å². The van der Waals surface area contributed by atoms with Crippen LogP contribution in [-0.2, 0) is 15.8 Å². The maximum atomic E-state index is 13.2. The van der Waals surface area contributed by atoms with Crippen LogP contribution in [0.5, 0.6) is 0 Å². The Bertz CT molecular complexity index is 1180. The summed E-state index contributed by atoms with van der Waals surface area (Å²) >= 11 is 5.58. The van der Waals surface area contributed by atoms with Gasteiger partial charge < -0.3 is 5.11 Å². The van der Waals surface area contributed by atoms with Crippen LogP contribution < -0.4 is 5.84 Å². The Kier molecular flexibility index (Phi) is 6.85. The van der Waals surface area contributed by atoms with E-state index in [0.717, 1.165) is 12.5 Å². The molecule has 0 radical (unpaired) electrons. The standard InChI is InChI=1S/C17H16ClF8N5O3S/c1-16(7-18,8-32)15(34)31(27)13(33)2-3-30-9-28-14(29-30)10-4-11(17(19,20)21)6-12(5-10)35(22,23,24,25)26/h2-6,9,32H,7-8,27H2,1H3. The number of halogens is 9. The van der Waals surface area contributed by atoms with Gasteiger partial charge in [-0.25, -0.2) is 20.5 Å². The molecule has 0 saturated carbocycles. The zero-order chi connectivity index (χ0) is 27.1. The number of amides is 2. The lowest BCUT2D eigenvalue weighted by atomic mass is 9.93. The van der Waals surface area contributed by atoms with Gasteiger partial charge in [0.05, 0.1) is 17.6 Å². The van der Waals surface area contributed by atoms with Crippen molar-refractivity contribution in [2.75, 3.05) is 12.5 Å². The Morgan fingerprint density at radius 3 is 2.29 bits per heavy atom. The van der Waals surface area contributed by atoms with Crippen LogP contribution in [0.25, 0.3) is 17.6 Å². The summed E-state index contributed by atoms with van der Waals surface area (Å²) in [6, 6.07) is -0.800. The molecule has 2 amide bonds. The second-order valence-electron chi connectivity index (χ2n) is 7.44. The van der Waals surface area contributed by atoms with E-state index in [1.807, 2.05) is 0 Å². The van der Waals surface area contributed by atoms with Crippen molar-refractivity contribution < 1.29 is 47.3 Å². The summed E-state index contributed by atoms with van der Waals surface area (Å²) < 4.78 is 106. The van der Waals surface area contributed by atoms with Gasteiger partial charge in [-0.3, -0.25) is 9.59 Å². The number of nitrogens with zero attached hydrogens (tertiary/aromatic N) is 4. The molecule has 2 aromatic rings.